The van der Waals surface area contributed by atoms with E-state index < -0.39 is 0 Å². The summed E-state index contributed by atoms with van der Waals surface area (Å²) in [5.41, 5.74) is 1.77. The van der Waals surface area contributed by atoms with Gasteiger partial charge in [-0.3, -0.25) is 9.78 Å². The molecular weight excluding hydrogens is 282 g/mol. The van der Waals surface area contributed by atoms with Gasteiger partial charge in [-0.25, -0.2) is 4.98 Å². The summed E-state index contributed by atoms with van der Waals surface area (Å²) in [4.78, 5) is 20.5. The van der Waals surface area contributed by atoms with Crippen LogP contribution in [0.25, 0.3) is 11.4 Å². The van der Waals surface area contributed by atoms with Crippen molar-refractivity contribution in [3.8, 4) is 11.4 Å². The number of aryl methyl sites for hydroxylation is 1. The van der Waals surface area contributed by atoms with Crippen molar-refractivity contribution in [2.24, 2.45) is 0 Å². The van der Waals surface area contributed by atoms with Crippen LogP contribution in [-0.4, -0.2) is 22.4 Å². The molecule has 21 heavy (non-hydrogen) atoms. The second-order valence-electron chi connectivity index (χ2n) is 4.90. The van der Waals surface area contributed by atoms with Gasteiger partial charge in [0.1, 0.15) is 0 Å². The molecule has 5 heteroatoms. The molecule has 4 nitrogen and oxygen atoms in total. The number of unbranched alkanes of at least 4 members (excludes halogenated alkanes) is 2. The van der Waals surface area contributed by atoms with Crippen LogP contribution in [0.1, 0.15) is 37.6 Å². The Kier molecular flexibility index (Phi) is 6.34. The number of thiazole rings is 1. The lowest BCUT2D eigenvalue weighted by molar-refractivity contribution is -0.121. The van der Waals surface area contributed by atoms with Gasteiger partial charge in [0, 0.05) is 31.0 Å². The molecule has 0 saturated heterocycles. The largest absolute Gasteiger partial charge is 0.356 e. The number of aromatic nitrogens is 2. The minimum Gasteiger partial charge on any atom is -0.356 e. The molecule has 112 valence electrons. The molecule has 0 fully saturated rings. The highest BCUT2D eigenvalue weighted by Gasteiger charge is 2.07. The van der Waals surface area contributed by atoms with E-state index in [1.807, 2.05) is 23.6 Å². The third-order valence-corrected chi connectivity index (χ3v) is 4.06. The average molecular weight is 303 g/mol. The van der Waals surface area contributed by atoms with E-state index in [1.165, 1.54) is 12.8 Å². The lowest BCUT2D eigenvalue weighted by Crippen LogP contribution is -2.24. The normalized spacial score (nSPS) is 10.5. The zero-order valence-electron chi connectivity index (χ0n) is 12.3. The highest BCUT2D eigenvalue weighted by Crippen LogP contribution is 2.20. The molecule has 2 aromatic rings. The number of nitrogens with zero attached hydrogens (tertiary/aromatic N) is 2. The molecule has 0 atom stereocenters. The fraction of sp³-hybridized carbons (Fsp3) is 0.438. The molecule has 1 amide bonds. The van der Waals surface area contributed by atoms with Crippen molar-refractivity contribution in [3.05, 3.63) is 34.8 Å². The molecule has 0 spiro atoms. The molecule has 0 aliphatic carbocycles. The number of rotatable bonds is 8. The first-order chi connectivity index (χ1) is 10.3. The van der Waals surface area contributed by atoms with Gasteiger partial charge in [-0.2, -0.15) is 0 Å². The predicted octanol–water partition coefficient (Wildman–Crippen LogP) is 3.44. The summed E-state index contributed by atoms with van der Waals surface area (Å²) >= 11 is 1.59. The monoisotopic (exact) mass is 303 g/mol. The second kappa shape index (κ2) is 8.52. The summed E-state index contributed by atoms with van der Waals surface area (Å²) in [6, 6.07) is 5.78. The number of hydrogen-bond donors (Lipinski definition) is 1. The first kappa shape index (κ1) is 15.6. The summed E-state index contributed by atoms with van der Waals surface area (Å²) in [5.74, 6) is 0.112. The van der Waals surface area contributed by atoms with E-state index in [2.05, 4.69) is 22.2 Å². The Morgan fingerprint density at radius 2 is 2.19 bits per heavy atom. The van der Waals surface area contributed by atoms with Crippen molar-refractivity contribution in [1.82, 2.24) is 15.3 Å². The average Bonchev–Trinajstić information content (AvgIpc) is 2.99. The van der Waals surface area contributed by atoms with Crippen molar-refractivity contribution in [2.45, 2.75) is 39.0 Å². The van der Waals surface area contributed by atoms with Gasteiger partial charge in [-0.15, -0.1) is 11.3 Å². The van der Waals surface area contributed by atoms with Crippen LogP contribution in [0, 0.1) is 0 Å². The van der Waals surface area contributed by atoms with E-state index in [0.717, 1.165) is 29.4 Å². The summed E-state index contributed by atoms with van der Waals surface area (Å²) in [5, 5.41) is 5.93. The van der Waals surface area contributed by atoms with Crippen LogP contribution in [0.3, 0.4) is 0 Å². The van der Waals surface area contributed by atoms with Crippen molar-refractivity contribution < 1.29 is 4.79 Å². The molecule has 0 aliphatic rings. The Balaban J connectivity index is 1.77. The van der Waals surface area contributed by atoms with E-state index >= 15 is 0 Å². The van der Waals surface area contributed by atoms with Crippen LogP contribution in [0.15, 0.2) is 29.8 Å². The molecule has 0 aliphatic heterocycles. The van der Waals surface area contributed by atoms with Crippen LogP contribution < -0.4 is 5.32 Å². The van der Waals surface area contributed by atoms with E-state index in [1.54, 1.807) is 17.5 Å². The third-order valence-electron chi connectivity index (χ3n) is 3.15. The van der Waals surface area contributed by atoms with Gasteiger partial charge in [0.25, 0.3) is 0 Å². The van der Waals surface area contributed by atoms with Crippen molar-refractivity contribution in [3.63, 3.8) is 0 Å². The Hall–Kier alpha value is -1.75. The number of carbonyl (C=O) groups is 1. The molecule has 2 rings (SSSR count). The first-order valence-corrected chi connectivity index (χ1v) is 8.30. The van der Waals surface area contributed by atoms with Gasteiger partial charge in [0.2, 0.25) is 5.91 Å². The fourth-order valence-electron chi connectivity index (χ4n) is 1.97. The highest BCUT2D eigenvalue weighted by atomic mass is 32.1. The highest BCUT2D eigenvalue weighted by molar-refractivity contribution is 7.09. The topological polar surface area (TPSA) is 54.9 Å². The molecule has 1 N–H and O–H groups in total. The second-order valence-corrected chi connectivity index (χ2v) is 5.84. The molecule has 2 heterocycles. The maximum Gasteiger partial charge on any atom is 0.220 e. The molecule has 0 bridgehead atoms. The molecular formula is C16H21N3OS. The van der Waals surface area contributed by atoms with Crippen LogP contribution in [0.5, 0.6) is 0 Å². The SMILES string of the molecule is CCCCCNC(=O)CCc1nc(-c2ccccn2)cs1. The molecule has 0 aromatic carbocycles. The van der Waals surface area contributed by atoms with Crippen LogP contribution in [0.2, 0.25) is 0 Å². The number of carbonyl (C=O) groups excluding carboxylic acids is 1. The van der Waals surface area contributed by atoms with Crippen LogP contribution in [0.4, 0.5) is 0 Å². The van der Waals surface area contributed by atoms with Gasteiger partial charge >= 0.3 is 0 Å². The standard InChI is InChI=1S/C16H21N3OS/c1-2-3-5-11-18-15(20)8-9-16-19-14(12-21-16)13-7-4-6-10-17-13/h4,6-7,10,12H,2-3,5,8-9,11H2,1H3,(H,18,20). The maximum absolute atomic E-state index is 11.7. The minimum absolute atomic E-state index is 0.112. The Morgan fingerprint density at radius 3 is 2.95 bits per heavy atom. The lowest BCUT2D eigenvalue weighted by atomic mass is 10.2. The van der Waals surface area contributed by atoms with Crippen molar-refractivity contribution in [1.29, 1.82) is 0 Å². The first-order valence-electron chi connectivity index (χ1n) is 7.42. The summed E-state index contributed by atoms with van der Waals surface area (Å²) in [6.45, 7) is 2.94. The fourth-order valence-corrected chi connectivity index (χ4v) is 2.76. The number of nitrogens with one attached hydrogen (secondary N) is 1. The quantitative estimate of drug-likeness (QED) is 0.760. The van der Waals surface area contributed by atoms with E-state index in [0.29, 0.717) is 12.8 Å². The number of hydrogen-bond acceptors (Lipinski definition) is 4. The van der Waals surface area contributed by atoms with Crippen molar-refractivity contribution >= 4 is 17.2 Å². The van der Waals surface area contributed by atoms with E-state index in [9.17, 15) is 4.79 Å². The molecule has 0 radical (unpaired) electrons. The smallest absolute Gasteiger partial charge is 0.220 e. The van der Waals surface area contributed by atoms with E-state index in [-0.39, 0.29) is 5.91 Å². The van der Waals surface area contributed by atoms with Crippen LogP contribution in [-0.2, 0) is 11.2 Å². The molecule has 2 aromatic heterocycles. The Labute approximate surface area is 129 Å². The van der Waals surface area contributed by atoms with Gasteiger partial charge in [0.15, 0.2) is 0 Å². The van der Waals surface area contributed by atoms with Gasteiger partial charge in [0.05, 0.1) is 16.4 Å². The summed E-state index contributed by atoms with van der Waals surface area (Å²) < 4.78 is 0. The summed E-state index contributed by atoms with van der Waals surface area (Å²) in [7, 11) is 0. The van der Waals surface area contributed by atoms with E-state index in [4.69, 9.17) is 0 Å². The minimum atomic E-state index is 0.112. The predicted molar refractivity (Wildman–Crippen MR) is 86.2 cm³/mol. The number of amides is 1. The maximum atomic E-state index is 11.7. The third kappa shape index (κ3) is 5.27. The lowest BCUT2D eigenvalue weighted by Gasteiger charge is -2.03. The number of pyridine rings is 1. The zero-order chi connectivity index (χ0) is 14.9. The zero-order valence-corrected chi connectivity index (χ0v) is 13.2. The Morgan fingerprint density at radius 1 is 1.29 bits per heavy atom. The molecule has 0 saturated carbocycles. The Bertz CT molecular complexity index is 554. The van der Waals surface area contributed by atoms with Gasteiger partial charge < -0.3 is 5.32 Å². The van der Waals surface area contributed by atoms with Crippen LogP contribution >= 0.6 is 11.3 Å². The summed E-state index contributed by atoms with van der Waals surface area (Å²) in [6.07, 6.45) is 6.35. The van der Waals surface area contributed by atoms with Crippen molar-refractivity contribution in [2.75, 3.05) is 6.54 Å². The van der Waals surface area contributed by atoms with Gasteiger partial charge in [-0.1, -0.05) is 25.8 Å². The molecule has 0 unspecified atom stereocenters. The van der Waals surface area contributed by atoms with Gasteiger partial charge in [-0.05, 0) is 18.6 Å².